The molecule has 1 fully saturated rings. The molecule has 108 valence electrons. The lowest BCUT2D eigenvalue weighted by molar-refractivity contribution is -0.124. The van der Waals surface area contributed by atoms with E-state index < -0.39 is 0 Å². The normalized spacial score (nSPS) is 20.1. The molecular formula is C17H23NO2. The fourth-order valence-corrected chi connectivity index (χ4v) is 2.69. The maximum Gasteiger partial charge on any atom is 0.254 e. The first kappa shape index (κ1) is 14.8. The highest BCUT2D eigenvalue weighted by atomic mass is 16.2. The van der Waals surface area contributed by atoms with Crippen molar-refractivity contribution in [3.8, 4) is 0 Å². The molecule has 1 atom stereocenters. The van der Waals surface area contributed by atoms with Gasteiger partial charge in [0.15, 0.2) is 0 Å². The van der Waals surface area contributed by atoms with Crippen LogP contribution in [-0.4, -0.2) is 29.7 Å². The van der Waals surface area contributed by atoms with E-state index in [0.717, 1.165) is 11.1 Å². The second-order valence-electron chi connectivity index (χ2n) is 6.66. The average Bonchev–Trinajstić information content (AvgIpc) is 2.40. The van der Waals surface area contributed by atoms with Gasteiger partial charge in [-0.15, -0.1) is 0 Å². The molecule has 1 aromatic rings. The number of nitrogens with zero attached hydrogens (tertiary/aromatic N) is 1. The van der Waals surface area contributed by atoms with Gasteiger partial charge < -0.3 is 4.90 Å². The van der Waals surface area contributed by atoms with Crippen LogP contribution in [0.25, 0.3) is 0 Å². The van der Waals surface area contributed by atoms with Crippen LogP contribution < -0.4 is 0 Å². The summed E-state index contributed by atoms with van der Waals surface area (Å²) in [7, 11) is 0. The van der Waals surface area contributed by atoms with E-state index >= 15 is 0 Å². The number of ketones is 1. The third-order valence-electron chi connectivity index (χ3n) is 3.92. The molecule has 1 amide bonds. The summed E-state index contributed by atoms with van der Waals surface area (Å²) in [4.78, 5) is 26.1. The van der Waals surface area contributed by atoms with Crippen molar-refractivity contribution < 1.29 is 9.59 Å². The van der Waals surface area contributed by atoms with Crippen LogP contribution in [0.2, 0.25) is 0 Å². The zero-order chi connectivity index (χ0) is 14.9. The molecule has 0 aromatic heterocycles. The molecule has 1 aromatic carbocycles. The Morgan fingerprint density at radius 3 is 2.50 bits per heavy atom. The number of carbonyl (C=O) groups is 2. The summed E-state index contributed by atoms with van der Waals surface area (Å²) in [5, 5.41) is 0. The molecule has 3 heteroatoms. The molecular weight excluding hydrogens is 250 g/mol. The van der Waals surface area contributed by atoms with E-state index in [0.29, 0.717) is 19.5 Å². The standard InChI is InChI=1S/C17H23NO2/c1-12-11-18(10-9-15(12)19)16(20)13-7-5-6-8-14(13)17(2,3)4/h5-8,12H,9-11H2,1-4H3. The quantitative estimate of drug-likeness (QED) is 0.788. The minimum absolute atomic E-state index is 0.0468. The van der Waals surface area contributed by atoms with Crippen LogP contribution in [-0.2, 0) is 10.2 Å². The van der Waals surface area contributed by atoms with Crippen LogP contribution in [0.3, 0.4) is 0 Å². The summed E-state index contributed by atoms with van der Waals surface area (Å²) in [6.45, 7) is 9.32. The van der Waals surface area contributed by atoms with Gasteiger partial charge in [-0.05, 0) is 17.0 Å². The second-order valence-corrected chi connectivity index (χ2v) is 6.66. The highest BCUT2D eigenvalue weighted by Gasteiger charge is 2.29. The minimum atomic E-state index is -0.0660. The van der Waals surface area contributed by atoms with Gasteiger partial charge in [0.25, 0.3) is 5.91 Å². The van der Waals surface area contributed by atoms with Crippen molar-refractivity contribution in [2.45, 2.75) is 39.5 Å². The Labute approximate surface area is 121 Å². The van der Waals surface area contributed by atoms with Crippen molar-refractivity contribution in [1.82, 2.24) is 4.90 Å². The highest BCUT2D eigenvalue weighted by molar-refractivity contribution is 5.97. The molecule has 0 aliphatic carbocycles. The first-order valence-corrected chi connectivity index (χ1v) is 7.22. The molecule has 0 spiro atoms. The third-order valence-corrected chi connectivity index (χ3v) is 3.92. The van der Waals surface area contributed by atoms with Gasteiger partial charge in [0, 0.05) is 31.0 Å². The molecule has 1 saturated heterocycles. The molecule has 3 nitrogen and oxygen atoms in total. The lowest BCUT2D eigenvalue weighted by Gasteiger charge is -2.32. The minimum Gasteiger partial charge on any atom is -0.337 e. The summed E-state index contributed by atoms with van der Waals surface area (Å²) in [6, 6.07) is 7.79. The molecule has 2 rings (SSSR count). The zero-order valence-corrected chi connectivity index (χ0v) is 12.8. The van der Waals surface area contributed by atoms with Crippen molar-refractivity contribution in [2.75, 3.05) is 13.1 Å². The molecule has 1 aliphatic heterocycles. The first-order chi connectivity index (χ1) is 9.30. The molecule has 1 aliphatic rings. The van der Waals surface area contributed by atoms with Crippen LogP contribution in [0, 0.1) is 5.92 Å². The summed E-state index contributed by atoms with van der Waals surface area (Å²) < 4.78 is 0. The van der Waals surface area contributed by atoms with Gasteiger partial charge in [-0.3, -0.25) is 9.59 Å². The molecule has 0 N–H and O–H groups in total. The highest BCUT2D eigenvalue weighted by Crippen LogP contribution is 2.27. The summed E-state index contributed by atoms with van der Waals surface area (Å²) >= 11 is 0. The Balaban J connectivity index is 2.28. The van der Waals surface area contributed by atoms with E-state index in [2.05, 4.69) is 20.8 Å². The number of rotatable bonds is 1. The Bertz CT molecular complexity index is 528. The van der Waals surface area contributed by atoms with Crippen molar-refractivity contribution in [2.24, 2.45) is 5.92 Å². The molecule has 0 radical (unpaired) electrons. The maximum atomic E-state index is 12.7. The van der Waals surface area contributed by atoms with Crippen molar-refractivity contribution in [3.05, 3.63) is 35.4 Å². The number of Topliss-reactive ketones (excluding diaryl/α,β-unsaturated/α-hetero) is 1. The first-order valence-electron chi connectivity index (χ1n) is 7.22. The summed E-state index contributed by atoms with van der Waals surface area (Å²) in [5.41, 5.74) is 1.76. The monoisotopic (exact) mass is 273 g/mol. The predicted molar refractivity (Wildman–Crippen MR) is 79.8 cm³/mol. The van der Waals surface area contributed by atoms with E-state index in [4.69, 9.17) is 0 Å². The van der Waals surface area contributed by atoms with Crippen molar-refractivity contribution >= 4 is 11.7 Å². The Morgan fingerprint density at radius 1 is 1.25 bits per heavy atom. The van der Waals surface area contributed by atoms with Gasteiger partial charge in [-0.25, -0.2) is 0 Å². The van der Waals surface area contributed by atoms with E-state index in [1.165, 1.54) is 0 Å². The van der Waals surface area contributed by atoms with E-state index in [9.17, 15) is 9.59 Å². The predicted octanol–water partition coefficient (Wildman–Crippen LogP) is 3.04. The van der Waals surface area contributed by atoms with Crippen LogP contribution >= 0.6 is 0 Å². The molecule has 0 bridgehead atoms. The third kappa shape index (κ3) is 2.92. The van der Waals surface area contributed by atoms with Gasteiger partial charge in [-0.1, -0.05) is 45.9 Å². The van der Waals surface area contributed by atoms with E-state index in [-0.39, 0.29) is 23.0 Å². The SMILES string of the molecule is CC1CN(C(=O)c2ccccc2C(C)(C)C)CCC1=O. The largest absolute Gasteiger partial charge is 0.337 e. The fraction of sp³-hybridized carbons (Fsp3) is 0.529. The van der Waals surface area contributed by atoms with E-state index in [1.54, 1.807) is 0 Å². The van der Waals surface area contributed by atoms with Crippen molar-refractivity contribution in [3.63, 3.8) is 0 Å². The van der Waals surface area contributed by atoms with Crippen molar-refractivity contribution in [1.29, 1.82) is 0 Å². The van der Waals surface area contributed by atoms with Gasteiger partial charge in [0.1, 0.15) is 5.78 Å². The van der Waals surface area contributed by atoms with Gasteiger partial charge >= 0.3 is 0 Å². The number of amides is 1. The number of piperidine rings is 1. The molecule has 20 heavy (non-hydrogen) atoms. The number of carbonyl (C=O) groups excluding carboxylic acids is 2. The van der Waals surface area contributed by atoms with Crippen LogP contribution in [0.1, 0.15) is 50.0 Å². The molecule has 0 saturated carbocycles. The van der Waals surface area contributed by atoms with Crippen LogP contribution in [0.5, 0.6) is 0 Å². The van der Waals surface area contributed by atoms with Gasteiger partial charge in [0.2, 0.25) is 0 Å². The number of benzene rings is 1. The van der Waals surface area contributed by atoms with Gasteiger partial charge in [0.05, 0.1) is 0 Å². The Kier molecular flexibility index (Phi) is 3.98. The van der Waals surface area contributed by atoms with Crippen LogP contribution in [0.4, 0.5) is 0 Å². The maximum absolute atomic E-state index is 12.7. The number of likely N-dealkylation sites (tertiary alicyclic amines) is 1. The number of hydrogen-bond donors (Lipinski definition) is 0. The van der Waals surface area contributed by atoms with Crippen LogP contribution in [0.15, 0.2) is 24.3 Å². The second kappa shape index (κ2) is 5.39. The lowest BCUT2D eigenvalue weighted by atomic mass is 9.83. The topological polar surface area (TPSA) is 37.4 Å². The molecule has 1 unspecified atom stereocenters. The summed E-state index contributed by atoms with van der Waals surface area (Å²) in [6.07, 6.45) is 0.477. The van der Waals surface area contributed by atoms with E-state index in [1.807, 2.05) is 36.1 Å². The fourth-order valence-electron chi connectivity index (χ4n) is 2.69. The average molecular weight is 273 g/mol. The van der Waals surface area contributed by atoms with Gasteiger partial charge in [-0.2, -0.15) is 0 Å². The smallest absolute Gasteiger partial charge is 0.254 e. The number of hydrogen-bond acceptors (Lipinski definition) is 2. The Morgan fingerprint density at radius 2 is 1.90 bits per heavy atom. The Hall–Kier alpha value is -1.64. The lowest BCUT2D eigenvalue weighted by Crippen LogP contribution is -2.43. The summed E-state index contributed by atoms with van der Waals surface area (Å²) in [5.74, 6) is 0.266. The zero-order valence-electron chi connectivity index (χ0n) is 12.8. The molecule has 1 heterocycles.